The number of rotatable bonds is 7. The van der Waals surface area contributed by atoms with Crippen molar-refractivity contribution in [2.24, 2.45) is 0 Å². The first-order chi connectivity index (χ1) is 13.2. The molecule has 0 aliphatic heterocycles. The molecule has 6 nitrogen and oxygen atoms in total. The van der Waals surface area contributed by atoms with Crippen molar-refractivity contribution >= 4 is 11.8 Å². The van der Waals surface area contributed by atoms with Gasteiger partial charge in [-0.15, -0.1) is 0 Å². The SMILES string of the molecule is O=C(CCc1ccco1)NNC(=O)COc1ccccc1-c1ccccc1. The Morgan fingerprint density at radius 2 is 1.59 bits per heavy atom. The molecule has 0 saturated heterocycles. The van der Waals surface area contributed by atoms with Gasteiger partial charge in [-0.2, -0.15) is 0 Å². The zero-order valence-corrected chi connectivity index (χ0v) is 14.7. The Bertz CT molecular complexity index is 876. The number of aryl methyl sites for hydroxylation is 1. The Hall–Kier alpha value is -3.54. The number of hydrogen-bond donors (Lipinski definition) is 2. The molecule has 0 bridgehead atoms. The topological polar surface area (TPSA) is 80.6 Å². The van der Waals surface area contributed by atoms with Crippen LogP contribution in [0.2, 0.25) is 0 Å². The minimum absolute atomic E-state index is 0.206. The van der Waals surface area contributed by atoms with Crippen LogP contribution in [0.5, 0.6) is 5.75 Å². The normalized spacial score (nSPS) is 10.2. The molecule has 0 aliphatic carbocycles. The highest BCUT2D eigenvalue weighted by atomic mass is 16.5. The molecule has 0 radical (unpaired) electrons. The van der Waals surface area contributed by atoms with Gasteiger partial charge in [0.1, 0.15) is 11.5 Å². The van der Waals surface area contributed by atoms with E-state index in [4.69, 9.17) is 9.15 Å². The Labute approximate surface area is 157 Å². The summed E-state index contributed by atoms with van der Waals surface area (Å²) in [6.45, 7) is -0.206. The van der Waals surface area contributed by atoms with Gasteiger partial charge < -0.3 is 9.15 Å². The molecule has 3 rings (SSSR count). The van der Waals surface area contributed by atoms with Crippen molar-refractivity contribution < 1.29 is 18.7 Å². The van der Waals surface area contributed by atoms with Gasteiger partial charge in [-0.05, 0) is 23.8 Å². The first-order valence-corrected chi connectivity index (χ1v) is 8.59. The number of ether oxygens (including phenoxy) is 1. The molecule has 3 aromatic rings. The van der Waals surface area contributed by atoms with E-state index < -0.39 is 5.91 Å². The lowest BCUT2D eigenvalue weighted by Crippen LogP contribution is -2.43. The van der Waals surface area contributed by atoms with Crippen LogP contribution in [0.15, 0.2) is 77.4 Å². The van der Waals surface area contributed by atoms with Crippen LogP contribution >= 0.6 is 0 Å². The third-order valence-electron chi connectivity index (χ3n) is 3.85. The van der Waals surface area contributed by atoms with Crippen molar-refractivity contribution in [1.82, 2.24) is 10.9 Å². The van der Waals surface area contributed by atoms with E-state index in [9.17, 15) is 9.59 Å². The third kappa shape index (κ3) is 5.47. The van der Waals surface area contributed by atoms with E-state index in [0.29, 0.717) is 12.2 Å². The number of para-hydroxylation sites is 1. The molecule has 2 aromatic carbocycles. The molecule has 1 heterocycles. The first-order valence-electron chi connectivity index (χ1n) is 8.59. The molecule has 6 heteroatoms. The molecular weight excluding hydrogens is 344 g/mol. The fourth-order valence-corrected chi connectivity index (χ4v) is 2.52. The predicted molar refractivity (Wildman–Crippen MR) is 101 cm³/mol. The fourth-order valence-electron chi connectivity index (χ4n) is 2.52. The summed E-state index contributed by atoms with van der Waals surface area (Å²) in [6.07, 6.45) is 2.24. The van der Waals surface area contributed by atoms with Gasteiger partial charge >= 0.3 is 0 Å². The Balaban J connectivity index is 1.46. The molecule has 0 fully saturated rings. The summed E-state index contributed by atoms with van der Waals surface area (Å²) in [6, 6.07) is 20.8. The third-order valence-corrected chi connectivity index (χ3v) is 3.85. The van der Waals surface area contributed by atoms with Crippen LogP contribution in [0.1, 0.15) is 12.2 Å². The maximum absolute atomic E-state index is 11.9. The van der Waals surface area contributed by atoms with E-state index in [1.807, 2.05) is 48.5 Å². The van der Waals surface area contributed by atoms with E-state index in [1.165, 1.54) is 0 Å². The second-order valence-corrected chi connectivity index (χ2v) is 5.83. The van der Waals surface area contributed by atoms with Gasteiger partial charge in [-0.25, -0.2) is 0 Å². The van der Waals surface area contributed by atoms with E-state index in [-0.39, 0.29) is 18.9 Å². The Morgan fingerprint density at radius 3 is 2.37 bits per heavy atom. The van der Waals surface area contributed by atoms with Gasteiger partial charge in [0.2, 0.25) is 5.91 Å². The summed E-state index contributed by atoms with van der Waals surface area (Å²) < 4.78 is 10.8. The average Bonchev–Trinajstić information content (AvgIpc) is 3.24. The second-order valence-electron chi connectivity index (χ2n) is 5.83. The minimum atomic E-state index is -0.441. The molecule has 0 atom stereocenters. The number of carbonyl (C=O) groups is 2. The second kappa shape index (κ2) is 9.24. The van der Waals surface area contributed by atoms with Gasteiger partial charge in [0.15, 0.2) is 6.61 Å². The summed E-state index contributed by atoms with van der Waals surface area (Å²) in [7, 11) is 0. The van der Waals surface area contributed by atoms with Crippen molar-refractivity contribution in [3.05, 3.63) is 78.8 Å². The highest BCUT2D eigenvalue weighted by molar-refractivity contribution is 5.83. The fraction of sp³-hybridized carbons (Fsp3) is 0.143. The lowest BCUT2D eigenvalue weighted by atomic mass is 10.1. The standard InChI is InChI=1S/C21H20N2O4/c24-20(13-12-17-9-6-14-26-17)22-23-21(25)15-27-19-11-5-4-10-18(19)16-7-2-1-3-8-16/h1-11,14H,12-13,15H2,(H,22,24)(H,23,25). The van der Waals surface area contributed by atoms with Gasteiger partial charge in [0.25, 0.3) is 5.91 Å². The number of nitrogens with one attached hydrogen (secondary N) is 2. The van der Waals surface area contributed by atoms with Gasteiger partial charge in [0.05, 0.1) is 6.26 Å². The van der Waals surface area contributed by atoms with Crippen LogP contribution in [-0.2, 0) is 16.0 Å². The number of carbonyl (C=O) groups excluding carboxylic acids is 2. The smallest absolute Gasteiger partial charge is 0.276 e. The number of furan rings is 1. The number of hydrogen-bond acceptors (Lipinski definition) is 4. The van der Waals surface area contributed by atoms with Gasteiger partial charge in [0, 0.05) is 18.4 Å². The molecule has 0 spiro atoms. The molecule has 0 unspecified atom stereocenters. The van der Waals surface area contributed by atoms with Crippen LogP contribution in [0, 0.1) is 0 Å². The zero-order chi connectivity index (χ0) is 18.9. The summed E-state index contributed by atoms with van der Waals surface area (Å²) in [5.41, 5.74) is 6.61. The Kier molecular flexibility index (Phi) is 6.25. The van der Waals surface area contributed by atoms with Crippen LogP contribution in [0.4, 0.5) is 0 Å². The van der Waals surface area contributed by atoms with Crippen molar-refractivity contribution in [2.75, 3.05) is 6.61 Å². The number of benzene rings is 2. The van der Waals surface area contributed by atoms with Crippen LogP contribution in [0.3, 0.4) is 0 Å². The van der Waals surface area contributed by atoms with E-state index in [2.05, 4.69) is 10.9 Å². The van der Waals surface area contributed by atoms with Gasteiger partial charge in [-0.1, -0.05) is 48.5 Å². The molecule has 0 saturated carbocycles. The Morgan fingerprint density at radius 1 is 0.852 bits per heavy atom. The molecule has 138 valence electrons. The van der Waals surface area contributed by atoms with E-state index >= 15 is 0 Å². The summed E-state index contributed by atoms with van der Waals surface area (Å²) in [4.78, 5) is 23.7. The van der Waals surface area contributed by atoms with Crippen molar-refractivity contribution in [1.29, 1.82) is 0 Å². The molecule has 1 aromatic heterocycles. The monoisotopic (exact) mass is 364 g/mol. The van der Waals surface area contributed by atoms with Crippen LogP contribution < -0.4 is 15.6 Å². The quantitative estimate of drug-likeness (QED) is 0.631. The lowest BCUT2D eigenvalue weighted by Gasteiger charge is -2.12. The summed E-state index contributed by atoms with van der Waals surface area (Å²) in [5, 5.41) is 0. The largest absolute Gasteiger partial charge is 0.483 e. The maximum Gasteiger partial charge on any atom is 0.276 e. The van der Waals surface area contributed by atoms with E-state index in [1.54, 1.807) is 24.5 Å². The summed E-state index contributed by atoms with van der Waals surface area (Å²) >= 11 is 0. The molecule has 27 heavy (non-hydrogen) atoms. The van der Waals surface area contributed by atoms with E-state index in [0.717, 1.165) is 16.9 Å². The van der Waals surface area contributed by atoms with Gasteiger partial charge in [-0.3, -0.25) is 20.4 Å². The molecule has 2 amide bonds. The lowest BCUT2D eigenvalue weighted by molar-refractivity contribution is -0.130. The summed E-state index contributed by atoms with van der Waals surface area (Å²) in [5.74, 6) is 0.578. The highest BCUT2D eigenvalue weighted by Gasteiger charge is 2.09. The number of hydrazine groups is 1. The first kappa shape index (κ1) is 18.3. The zero-order valence-electron chi connectivity index (χ0n) is 14.7. The van der Waals surface area contributed by atoms with Crippen molar-refractivity contribution in [3.8, 4) is 16.9 Å². The van der Waals surface area contributed by atoms with Crippen molar-refractivity contribution in [3.63, 3.8) is 0 Å². The minimum Gasteiger partial charge on any atom is -0.483 e. The predicted octanol–water partition coefficient (Wildman–Crippen LogP) is 3.11. The van der Waals surface area contributed by atoms with Crippen LogP contribution in [0.25, 0.3) is 11.1 Å². The molecule has 0 aliphatic rings. The average molecular weight is 364 g/mol. The maximum atomic E-state index is 11.9. The highest BCUT2D eigenvalue weighted by Crippen LogP contribution is 2.29. The number of amides is 2. The molecule has 2 N–H and O–H groups in total. The van der Waals surface area contributed by atoms with Crippen LogP contribution in [-0.4, -0.2) is 18.4 Å². The van der Waals surface area contributed by atoms with Crippen molar-refractivity contribution in [2.45, 2.75) is 12.8 Å². The molecular formula is C21H20N2O4.